The van der Waals surface area contributed by atoms with Crippen LogP contribution in [-0.2, 0) is 0 Å². The van der Waals surface area contributed by atoms with Crippen molar-refractivity contribution in [2.45, 2.75) is 0 Å². The lowest BCUT2D eigenvalue weighted by atomic mass is 10.1. The van der Waals surface area contributed by atoms with Crippen LogP contribution in [0.25, 0.3) is 57.4 Å². The Kier molecular flexibility index (Phi) is 3.65. The van der Waals surface area contributed by atoms with E-state index >= 15 is 0 Å². The van der Waals surface area contributed by atoms with Crippen molar-refractivity contribution in [1.29, 1.82) is 0 Å². The third kappa shape index (κ3) is 2.48. The Hall–Kier alpha value is -3.40. The lowest BCUT2D eigenvalue weighted by molar-refractivity contribution is 1.21. The fraction of sp³-hybridized carbons (Fsp3) is 0. The first-order valence-corrected chi connectivity index (χ1v) is 12.0. The van der Waals surface area contributed by atoms with E-state index in [9.17, 15) is 0 Å². The van der Waals surface area contributed by atoms with E-state index in [4.69, 9.17) is 0 Å². The van der Waals surface area contributed by atoms with Crippen LogP contribution >= 0.6 is 22.7 Å². The molecule has 0 aliphatic carbocycles. The van der Waals surface area contributed by atoms with E-state index in [0.29, 0.717) is 0 Å². The minimum atomic E-state index is 1.22. The van der Waals surface area contributed by atoms with Crippen molar-refractivity contribution < 1.29 is 0 Å². The van der Waals surface area contributed by atoms with Crippen LogP contribution < -0.4 is 0 Å². The van der Waals surface area contributed by atoms with Crippen molar-refractivity contribution in [2.24, 2.45) is 0 Å². The van der Waals surface area contributed by atoms with Crippen molar-refractivity contribution in [3.05, 3.63) is 103 Å². The van der Waals surface area contributed by atoms with Gasteiger partial charge < -0.3 is 0 Å². The van der Waals surface area contributed by atoms with Gasteiger partial charge in [0.2, 0.25) is 0 Å². The number of rotatable bonds is 2. The molecule has 0 N–H and O–H groups in total. The maximum Gasteiger partial charge on any atom is 0.110 e. The van der Waals surface area contributed by atoms with Crippen LogP contribution in [-0.4, -0.2) is 4.57 Å². The first kappa shape index (κ1) is 17.3. The normalized spacial score (nSPS) is 11.9. The molecule has 1 nitrogen and oxygen atoms in total. The molecular weight excluding hydrogens is 414 g/mol. The minimum Gasteiger partial charge on any atom is -0.292 e. The summed E-state index contributed by atoms with van der Waals surface area (Å²) in [5.74, 6) is 0. The van der Waals surface area contributed by atoms with Gasteiger partial charge in [-0.05, 0) is 35.4 Å². The molecule has 0 unspecified atom stereocenters. The summed E-state index contributed by atoms with van der Waals surface area (Å²) in [4.78, 5) is 2.66. The molecule has 0 bridgehead atoms. The molecule has 4 aromatic carbocycles. The van der Waals surface area contributed by atoms with Crippen molar-refractivity contribution in [3.8, 4) is 16.8 Å². The topological polar surface area (TPSA) is 4.93 Å². The molecule has 146 valence electrons. The SMILES string of the molecule is c1ccc(-c2cccc(-n3c4sc5ccccc5c4c4c5ccccc5sc43)c2)cc1. The summed E-state index contributed by atoms with van der Waals surface area (Å²) in [5, 5.41) is 5.49. The van der Waals surface area contributed by atoms with E-state index in [1.54, 1.807) is 0 Å². The Morgan fingerprint density at radius 3 is 1.68 bits per heavy atom. The molecule has 7 aromatic rings. The summed E-state index contributed by atoms with van der Waals surface area (Å²) < 4.78 is 5.17. The summed E-state index contributed by atoms with van der Waals surface area (Å²) in [7, 11) is 0. The van der Waals surface area contributed by atoms with Crippen molar-refractivity contribution in [1.82, 2.24) is 4.57 Å². The third-order valence-corrected chi connectivity index (χ3v) is 8.33. The predicted molar refractivity (Wildman–Crippen MR) is 137 cm³/mol. The molecule has 7 rings (SSSR count). The van der Waals surface area contributed by atoms with E-state index in [-0.39, 0.29) is 0 Å². The van der Waals surface area contributed by atoms with Crippen LogP contribution in [0.4, 0.5) is 0 Å². The second-order valence-electron chi connectivity index (χ2n) is 7.81. The lowest BCUT2D eigenvalue weighted by Crippen LogP contribution is -1.91. The maximum absolute atomic E-state index is 2.48. The van der Waals surface area contributed by atoms with Gasteiger partial charge >= 0.3 is 0 Å². The predicted octanol–water partition coefficient (Wildman–Crippen LogP) is 8.88. The van der Waals surface area contributed by atoms with Crippen LogP contribution in [0.1, 0.15) is 0 Å². The van der Waals surface area contributed by atoms with Gasteiger partial charge in [-0.1, -0.05) is 78.9 Å². The van der Waals surface area contributed by atoms with Gasteiger partial charge in [0.05, 0.1) is 0 Å². The van der Waals surface area contributed by atoms with E-state index in [0.717, 1.165) is 0 Å². The number of nitrogens with zero attached hydrogens (tertiary/aromatic N) is 1. The molecule has 0 spiro atoms. The zero-order valence-electron chi connectivity index (χ0n) is 16.6. The quantitative estimate of drug-likeness (QED) is 0.257. The van der Waals surface area contributed by atoms with Crippen LogP contribution in [0.2, 0.25) is 0 Å². The Bertz CT molecular complexity index is 1640. The summed E-state index contributed by atoms with van der Waals surface area (Å²) >= 11 is 3.79. The van der Waals surface area contributed by atoms with E-state index in [1.165, 1.54) is 57.4 Å². The molecule has 0 aliphatic rings. The zero-order chi connectivity index (χ0) is 20.4. The smallest absolute Gasteiger partial charge is 0.110 e. The third-order valence-electron chi connectivity index (χ3n) is 6.02. The number of aromatic nitrogens is 1. The molecule has 3 heterocycles. The number of hydrogen-bond donors (Lipinski definition) is 0. The Labute approximate surface area is 187 Å². The number of benzene rings is 4. The summed E-state index contributed by atoms with van der Waals surface area (Å²) in [6, 6.07) is 37.2. The number of fused-ring (bicyclic) bond motifs is 7. The molecule has 0 radical (unpaired) electrons. The highest BCUT2D eigenvalue weighted by molar-refractivity contribution is 7.28. The molecule has 3 aromatic heterocycles. The molecule has 0 fully saturated rings. The van der Waals surface area contributed by atoms with Gasteiger partial charge in [-0.3, -0.25) is 4.57 Å². The van der Waals surface area contributed by atoms with E-state index in [1.807, 2.05) is 22.7 Å². The van der Waals surface area contributed by atoms with Gasteiger partial charge in [-0.2, -0.15) is 0 Å². The molecule has 3 heteroatoms. The van der Waals surface area contributed by atoms with Crippen LogP contribution in [0.5, 0.6) is 0 Å². The Morgan fingerprint density at radius 1 is 0.484 bits per heavy atom. The molecule has 31 heavy (non-hydrogen) atoms. The van der Waals surface area contributed by atoms with E-state index < -0.39 is 0 Å². The maximum atomic E-state index is 2.48. The molecule has 0 aliphatic heterocycles. The molecule has 0 saturated carbocycles. The van der Waals surface area contributed by atoms with Gasteiger partial charge in [0.25, 0.3) is 0 Å². The standard InChI is InChI=1S/C28H17NS2/c1-2-9-18(10-3-1)19-11-8-12-20(17-19)29-27-25(21-13-4-6-15-23(21)30-27)26-22-14-5-7-16-24(22)31-28(26)29/h1-17H. The first-order chi connectivity index (χ1) is 15.4. The summed E-state index contributed by atoms with van der Waals surface area (Å²) in [5.41, 5.74) is 3.71. The summed E-state index contributed by atoms with van der Waals surface area (Å²) in [6.07, 6.45) is 0. The largest absolute Gasteiger partial charge is 0.292 e. The minimum absolute atomic E-state index is 1.22. The average Bonchev–Trinajstić information content (AvgIpc) is 3.46. The van der Waals surface area contributed by atoms with Crippen molar-refractivity contribution in [3.63, 3.8) is 0 Å². The van der Waals surface area contributed by atoms with Gasteiger partial charge in [0.15, 0.2) is 0 Å². The zero-order valence-corrected chi connectivity index (χ0v) is 18.2. The first-order valence-electron chi connectivity index (χ1n) is 10.4. The van der Waals surface area contributed by atoms with Crippen LogP contribution in [0.15, 0.2) is 103 Å². The fourth-order valence-corrected chi connectivity index (χ4v) is 7.18. The van der Waals surface area contributed by atoms with E-state index in [2.05, 4.69) is 108 Å². The molecule has 0 saturated heterocycles. The highest BCUT2D eigenvalue weighted by atomic mass is 32.1. The number of thiophene rings is 2. The van der Waals surface area contributed by atoms with Crippen LogP contribution in [0.3, 0.4) is 0 Å². The second-order valence-corrected chi connectivity index (χ2v) is 9.87. The lowest BCUT2D eigenvalue weighted by Gasteiger charge is -2.08. The summed E-state index contributed by atoms with van der Waals surface area (Å²) in [6.45, 7) is 0. The monoisotopic (exact) mass is 431 g/mol. The number of hydrogen-bond acceptors (Lipinski definition) is 2. The fourth-order valence-electron chi connectivity index (χ4n) is 4.65. The highest BCUT2D eigenvalue weighted by Gasteiger charge is 2.21. The highest BCUT2D eigenvalue weighted by Crippen LogP contribution is 2.48. The molecular formula is C28H17NS2. The molecule has 0 atom stereocenters. The second kappa shape index (κ2) is 6.55. The van der Waals surface area contributed by atoms with Gasteiger partial charge in [0, 0.05) is 36.6 Å². The van der Waals surface area contributed by atoms with Crippen molar-refractivity contribution in [2.75, 3.05) is 0 Å². The van der Waals surface area contributed by atoms with Crippen molar-refractivity contribution >= 4 is 63.3 Å². The Morgan fingerprint density at radius 2 is 1.03 bits per heavy atom. The van der Waals surface area contributed by atoms with Gasteiger partial charge in [-0.15, -0.1) is 22.7 Å². The molecule has 0 amide bonds. The van der Waals surface area contributed by atoms with Crippen LogP contribution in [0, 0.1) is 0 Å². The van der Waals surface area contributed by atoms with Gasteiger partial charge in [-0.25, -0.2) is 0 Å². The average molecular weight is 432 g/mol. The Balaban J connectivity index is 1.63. The van der Waals surface area contributed by atoms with Gasteiger partial charge in [0.1, 0.15) is 9.66 Å².